The maximum absolute atomic E-state index is 13.7. The Morgan fingerprint density at radius 2 is 1.46 bits per heavy atom. The fourth-order valence-electron chi connectivity index (χ4n) is 4.97. The fraction of sp³-hybridized carbons (Fsp3) is 0.0606. The lowest BCUT2D eigenvalue weighted by Gasteiger charge is -2.16. The van der Waals surface area contributed by atoms with E-state index in [9.17, 15) is 4.79 Å². The van der Waals surface area contributed by atoms with Crippen molar-refractivity contribution in [2.24, 2.45) is 0 Å². The van der Waals surface area contributed by atoms with E-state index >= 15 is 0 Å². The highest BCUT2D eigenvalue weighted by atomic mass is 31.1. The number of nitrogens with zero attached hydrogens (tertiary/aromatic N) is 1. The standard InChI is InChI=1S/C33H27NOP2/c1-2-23-13-15-24(16-14-23)22-34-31-18-17-27(36-25-9-5-3-6-10-25)19-29(31)30-20-28(21-32(35)33(30)34)37-26-11-7-4-8-12-26/h2-20,36-37H,1,21-22H2. The highest BCUT2D eigenvalue weighted by Gasteiger charge is 2.27. The third-order valence-electron chi connectivity index (χ3n) is 6.73. The quantitative estimate of drug-likeness (QED) is 0.216. The Morgan fingerprint density at radius 1 is 0.784 bits per heavy atom. The zero-order chi connectivity index (χ0) is 25.2. The molecule has 0 saturated heterocycles. The molecule has 1 aliphatic carbocycles. The molecule has 4 aromatic carbocycles. The second-order valence-electron chi connectivity index (χ2n) is 9.28. The first kappa shape index (κ1) is 23.8. The zero-order valence-electron chi connectivity index (χ0n) is 20.4. The lowest BCUT2D eigenvalue weighted by atomic mass is 10.0. The SMILES string of the molecule is C=Cc1ccc(Cn2c3c(c4cc(Pc5ccccc5)ccc42)C=C(Pc2ccccc2)CC3=O)cc1. The van der Waals surface area contributed by atoms with E-state index < -0.39 is 0 Å². The number of fused-ring (bicyclic) bond motifs is 3. The molecule has 2 atom stereocenters. The third-order valence-corrected chi connectivity index (χ3v) is 9.22. The molecule has 0 bridgehead atoms. The van der Waals surface area contributed by atoms with Gasteiger partial charge in [0.15, 0.2) is 5.78 Å². The van der Waals surface area contributed by atoms with E-state index in [1.807, 2.05) is 12.1 Å². The molecule has 0 saturated carbocycles. The monoisotopic (exact) mass is 515 g/mol. The first-order chi connectivity index (χ1) is 18.2. The Hall–Kier alpha value is -3.57. The van der Waals surface area contributed by atoms with Crippen molar-refractivity contribution in [2.75, 3.05) is 0 Å². The summed E-state index contributed by atoms with van der Waals surface area (Å²) in [7, 11) is 1.08. The van der Waals surface area contributed by atoms with Crippen LogP contribution in [0.1, 0.15) is 33.6 Å². The lowest BCUT2D eigenvalue weighted by Crippen LogP contribution is -2.14. The maximum Gasteiger partial charge on any atom is 0.184 e. The van der Waals surface area contributed by atoms with Gasteiger partial charge in [0.2, 0.25) is 0 Å². The molecule has 4 heteroatoms. The highest BCUT2D eigenvalue weighted by Crippen LogP contribution is 2.39. The Morgan fingerprint density at radius 3 is 2.14 bits per heavy atom. The predicted molar refractivity (Wildman–Crippen MR) is 163 cm³/mol. The van der Waals surface area contributed by atoms with Crippen molar-refractivity contribution in [1.29, 1.82) is 0 Å². The summed E-state index contributed by atoms with van der Waals surface area (Å²) in [6.07, 6.45) is 4.62. The predicted octanol–water partition coefficient (Wildman–Crippen LogP) is 6.89. The molecular formula is C33H27NOP2. The van der Waals surface area contributed by atoms with E-state index in [0.29, 0.717) is 30.1 Å². The summed E-state index contributed by atoms with van der Waals surface area (Å²) in [6.45, 7) is 4.53. The van der Waals surface area contributed by atoms with Crippen LogP contribution >= 0.6 is 17.2 Å². The molecule has 0 aliphatic heterocycles. The number of hydrogen-bond acceptors (Lipinski definition) is 1. The summed E-state index contributed by atoms with van der Waals surface area (Å²) >= 11 is 0. The Kier molecular flexibility index (Phi) is 6.71. The van der Waals surface area contributed by atoms with E-state index in [2.05, 4.69) is 114 Å². The van der Waals surface area contributed by atoms with Gasteiger partial charge in [0, 0.05) is 29.4 Å². The topological polar surface area (TPSA) is 22.0 Å². The summed E-state index contributed by atoms with van der Waals surface area (Å²) in [5, 5.41) is 6.24. The van der Waals surface area contributed by atoms with Crippen LogP contribution in [-0.4, -0.2) is 10.4 Å². The third kappa shape index (κ3) is 5.01. The van der Waals surface area contributed by atoms with Gasteiger partial charge in [-0.1, -0.05) is 121 Å². The molecule has 0 radical (unpaired) electrons. The van der Waals surface area contributed by atoms with Crippen LogP contribution in [0.25, 0.3) is 23.1 Å². The van der Waals surface area contributed by atoms with Gasteiger partial charge in [-0.25, -0.2) is 0 Å². The number of allylic oxidation sites excluding steroid dienone is 1. The van der Waals surface area contributed by atoms with Crippen molar-refractivity contribution in [3.63, 3.8) is 0 Å². The molecule has 2 nitrogen and oxygen atoms in total. The summed E-state index contributed by atoms with van der Waals surface area (Å²) in [5.41, 5.74) is 5.31. The second-order valence-corrected chi connectivity index (χ2v) is 12.2. The van der Waals surface area contributed by atoms with Gasteiger partial charge in [-0.2, -0.15) is 0 Å². The molecule has 1 heterocycles. The normalized spacial score (nSPS) is 13.5. The van der Waals surface area contributed by atoms with Crippen molar-refractivity contribution in [3.8, 4) is 0 Å². The molecule has 180 valence electrons. The molecule has 5 aromatic rings. The van der Waals surface area contributed by atoms with Crippen molar-refractivity contribution >= 4 is 61.9 Å². The van der Waals surface area contributed by atoms with Gasteiger partial charge in [0.1, 0.15) is 0 Å². The van der Waals surface area contributed by atoms with Crippen LogP contribution in [0.3, 0.4) is 0 Å². The molecule has 2 unspecified atom stereocenters. The van der Waals surface area contributed by atoms with Gasteiger partial charge in [-0.3, -0.25) is 4.79 Å². The van der Waals surface area contributed by atoms with Crippen LogP contribution in [0.15, 0.2) is 115 Å². The molecule has 0 N–H and O–H groups in total. The second kappa shape index (κ2) is 10.4. The fourth-order valence-corrected chi connectivity index (χ4v) is 7.24. The molecule has 1 aliphatic rings. The number of carbonyl (C=O) groups excluding carboxylic acids is 1. The summed E-state index contributed by atoms with van der Waals surface area (Å²) in [6, 6.07) is 36.2. The van der Waals surface area contributed by atoms with Crippen molar-refractivity contribution in [2.45, 2.75) is 13.0 Å². The van der Waals surface area contributed by atoms with Crippen LogP contribution in [-0.2, 0) is 6.54 Å². The van der Waals surface area contributed by atoms with Gasteiger partial charge < -0.3 is 4.57 Å². The smallest absolute Gasteiger partial charge is 0.184 e. The number of benzene rings is 4. The molecule has 0 amide bonds. The van der Waals surface area contributed by atoms with Gasteiger partial charge in [0.05, 0.1) is 5.69 Å². The number of rotatable bonds is 7. The van der Waals surface area contributed by atoms with E-state index in [1.54, 1.807) is 0 Å². The molecule has 37 heavy (non-hydrogen) atoms. The minimum Gasteiger partial charge on any atom is -0.333 e. The van der Waals surface area contributed by atoms with Crippen LogP contribution in [0.2, 0.25) is 0 Å². The van der Waals surface area contributed by atoms with Crippen molar-refractivity contribution < 1.29 is 4.79 Å². The Bertz CT molecular complexity index is 1630. The Labute approximate surface area is 221 Å². The van der Waals surface area contributed by atoms with Crippen LogP contribution < -0.4 is 15.9 Å². The van der Waals surface area contributed by atoms with Gasteiger partial charge >= 0.3 is 0 Å². The van der Waals surface area contributed by atoms with Crippen molar-refractivity contribution in [3.05, 3.63) is 137 Å². The molecule has 0 spiro atoms. The zero-order valence-corrected chi connectivity index (χ0v) is 22.4. The van der Waals surface area contributed by atoms with E-state index in [-0.39, 0.29) is 5.78 Å². The number of hydrogen-bond donors (Lipinski definition) is 0. The summed E-state index contributed by atoms with van der Waals surface area (Å²) in [4.78, 5) is 13.7. The van der Waals surface area contributed by atoms with E-state index in [0.717, 1.165) is 22.3 Å². The average Bonchev–Trinajstić information content (AvgIpc) is 3.23. The van der Waals surface area contributed by atoms with E-state index in [4.69, 9.17) is 0 Å². The first-order valence-corrected chi connectivity index (χ1v) is 14.4. The summed E-state index contributed by atoms with van der Waals surface area (Å²) < 4.78 is 2.23. The lowest BCUT2D eigenvalue weighted by molar-refractivity contribution is 0.0985. The largest absolute Gasteiger partial charge is 0.333 e. The van der Waals surface area contributed by atoms with Gasteiger partial charge in [0.25, 0.3) is 0 Å². The molecule has 6 rings (SSSR count). The highest BCUT2D eigenvalue weighted by molar-refractivity contribution is 7.55. The molecular weight excluding hydrogens is 488 g/mol. The number of Topliss-reactive ketones (excluding diaryl/α,β-unsaturated/α-hetero) is 1. The van der Waals surface area contributed by atoms with Crippen molar-refractivity contribution in [1.82, 2.24) is 4.57 Å². The van der Waals surface area contributed by atoms with Gasteiger partial charge in [-0.15, -0.1) is 0 Å². The van der Waals surface area contributed by atoms with Gasteiger partial charge in [-0.05, 0) is 50.6 Å². The summed E-state index contributed by atoms with van der Waals surface area (Å²) in [5.74, 6) is 0.210. The minimum atomic E-state index is 0.210. The molecule has 1 aromatic heterocycles. The first-order valence-electron chi connectivity index (χ1n) is 12.4. The number of carbonyl (C=O) groups is 1. The number of aromatic nitrogens is 1. The van der Waals surface area contributed by atoms with Crippen LogP contribution in [0, 0.1) is 0 Å². The van der Waals surface area contributed by atoms with Crippen LogP contribution in [0.5, 0.6) is 0 Å². The van der Waals surface area contributed by atoms with E-state index in [1.165, 1.54) is 32.2 Å². The average molecular weight is 516 g/mol. The Balaban J connectivity index is 1.46. The molecule has 0 fully saturated rings. The van der Waals surface area contributed by atoms with Crippen LogP contribution in [0.4, 0.5) is 0 Å². The minimum absolute atomic E-state index is 0.210. The maximum atomic E-state index is 13.7. The number of ketones is 1.